The van der Waals surface area contributed by atoms with Gasteiger partial charge in [0.1, 0.15) is 0 Å². The van der Waals surface area contributed by atoms with Crippen LogP contribution in [-0.2, 0) is 0 Å². The topological polar surface area (TPSA) is 3.24 Å². The summed E-state index contributed by atoms with van der Waals surface area (Å²) in [5.41, 5.74) is 0.652. The number of nitrogens with zero attached hydrogens (tertiary/aromatic N) is 1. The summed E-state index contributed by atoms with van der Waals surface area (Å²) in [4.78, 5) is 2.63. The fraction of sp³-hybridized carbons (Fsp3) is 1.00. The number of hydrogen-bond donors (Lipinski definition) is 0. The smallest absolute Gasteiger partial charge is 0.00385 e. The van der Waals surface area contributed by atoms with E-state index in [0.717, 1.165) is 6.04 Å². The minimum absolute atomic E-state index is 0.652. The average Bonchev–Trinajstić information content (AvgIpc) is 2.25. The summed E-state index contributed by atoms with van der Waals surface area (Å²) < 4.78 is 0. The molecule has 1 aliphatic rings. The first-order valence-corrected chi connectivity index (χ1v) is 7.31. The largest absolute Gasteiger partial charge is 0.301 e. The van der Waals surface area contributed by atoms with Gasteiger partial charge in [-0.3, -0.25) is 0 Å². The highest BCUT2D eigenvalue weighted by molar-refractivity contribution is 4.83. The first kappa shape index (κ1) is 14.0. The zero-order chi connectivity index (χ0) is 12.0. The van der Waals surface area contributed by atoms with Gasteiger partial charge in [0.2, 0.25) is 0 Å². The summed E-state index contributed by atoms with van der Waals surface area (Å²) >= 11 is 0. The molecule has 16 heavy (non-hydrogen) atoms. The van der Waals surface area contributed by atoms with Gasteiger partial charge in [0.25, 0.3) is 0 Å². The molecule has 1 saturated heterocycles. The highest BCUT2D eigenvalue weighted by Crippen LogP contribution is 2.36. The molecule has 0 unspecified atom stereocenters. The third-order valence-electron chi connectivity index (χ3n) is 4.37. The first-order valence-electron chi connectivity index (χ1n) is 7.31. The van der Waals surface area contributed by atoms with E-state index in [2.05, 4.69) is 32.6 Å². The lowest BCUT2D eigenvalue weighted by Crippen LogP contribution is -2.42. The van der Waals surface area contributed by atoms with E-state index in [1.165, 1.54) is 58.0 Å². The van der Waals surface area contributed by atoms with E-state index in [0.29, 0.717) is 5.41 Å². The Morgan fingerprint density at radius 1 is 1.06 bits per heavy atom. The summed E-state index contributed by atoms with van der Waals surface area (Å²) in [7, 11) is 0. The van der Waals surface area contributed by atoms with E-state index in [9.17, 15) is 0 Å². The van der Waals surface area contributed by atoms with Crippen molar-refractivity contribution in [1.82, 2.24) is 4.90 Å². The van der Waals surface area contributed by atoms with Gasteiger partial charge in [-0.15, -0.1) is 0 Å². The second-order valence-electron chi connectivity index (χ2n) is 6.25. The van der Waals surface area contributed by atoms with Crippen molar-refractivity contribution in [2.75, 3.05) is 13.1 Å². The van der Waals surface area contributed by atoms with E-state index in [4.69, 9.17) is 0 Å². The standard InChI is InChI=1S/C15H31N/c1-5-6-7-8-9-15(4)10-12-16(13-11-15)14(2)3/h14H,5-13H2,1-4H3. The predicted molar refractivity (Wildman–Crippen MR) is 72.8 cm³/mol. The summed E-state index contributed by atoms with van der Waals surface area (Å²) in [5, 5.41) is 0. The van der Waals surface area contributed by atoms with Crippen molar-refractivity contribution >= 4 is 0 Å². The van der Waals surface area contributed by atoms with Gasteiger partial charge in [-0.05, 0) is 51.6 Å². The van der Waals surface area contributed by atoms with Gasteiger partial charge >= 0.3 is 0 Å². The molecule has 0 spiro atoms. The molecular formula is C15H31N. The van der Waals surface area contributed by atoms with Crippen molar-refractivity contribution < 1.29 is 0 Å². The predicted octanol–water partition coefficient (Wildman–Crippen LogP) is 4.47. The molecule has 96 valence electrons. The molecular weight excluding hydrogens is 194 g/mol. The minimum atomic E-state index is 0.652. The van der Waals surface area contributed by atoms with Crippen molar-refractivity contribution in [2.45, 2.75) is 78.7 Å². The SMILES string of the molecule is CCCCCCC1(C)CCN(C(C)C)CC1. The quantitative estimate of drug-likeness (QED) is 0.603. The highest BCUT2D eigenvalue weighted by atomic mass is 15.1. The normalized spacial score (nSPS) is 21.6. The molecule has 0 saturated carbocycles. The second kappa shape index (κ2) is 6.64. The van der Waals surface area contributed by atoms with Crippen LogP contribution in [0.15, 0.2) is 0 Å². The lowest BCUT2D eigenvalue weighted by atomic mass is 9.76. The van der Waals surface area contributed by atoms with Gasteiger partial charge in [0, 0.05) is 6.04 Å². The van der Waals surface area contributed by atoms with Crippen molar-refractivity contribution in [3.05, 3.63) is 0 Å². The Kier molecular flexibility index (Phi) is 5.82. The van der Waals surface area contributed by atoms with Crippen molar-refractivity contribution in [2.24, 2.45) is 5.41 Å². The van der Waals surface area contributed by atoms with Crippen molar-refractivity contribution in [3.63, 3.8) is 0 Å². The molecule has 0 atom stereocenters. The van der Waals surface area contributed by atoms with E-state index in [-0.39, 0.29) is 0 Å². The van der Waals surface area contributed by atoms with Crippen LogP contribution in [0.4, 0.5) is 0 Å². The Bertz CT molecular complexity index is 178. The van der Waals surface area contributed by atoms with Crippen LogP contribution in [0, 0.1) is 5.41 Å². The number of likely N-dealkylation sites (tertiary alicyclic amines) is 1. The monoisotopic (exact) mass is 225 g/mol. The number of piperidine rings is 1. The molecule has 1 fully saturated rings. The molecule has 0 amide bonds. The Morgan fingerprint density at radius 3 is 2.19 bits per heavy atom. The van der Waals surface area contributed by atoms with E-state index < -0.39 is 0 Å². The summed E-state index contributed by atoms with van der Waals surface area (Å²) in [6, 6.07) is 0.740. The van der Waals surface area contributed by atoms with Crippen LogP contribution in [0.25, 0.3) is 0 Å². The molecule has 1 heterocycles. The van der Waals surface area contributed by atoms with Crippen molar-refractivity contribution in [3.8, 4) is 0 Å². The molecule has 1 rings (SSSR count). The maximum absolute atomic E-state index is 2.63. The Labute approximate surface area is 103 Å². The number of hydrogen-bond acceptors (Lipinski definition) is 1. The van der Waals surface area contributed by atoms with Crippen LogP contribution < -0.4 is 0 Å². The molecule has 0 radical (unpaired) electrons. The van der Waals surface area contributed by atoms with Gasteiger partial charge in [-0.1, -0.05) is 39.5 Å². The zero-order valence-electron chi connectivity index (χ0n) is 11.9. The fourth-order valence-electron chi connectivity index (χ4n) is 2.81. The molecule has 0 aliphatic carbocycles. The molecule has 1 nitrogen and oxygen atoms in total. The summed E-state index contributed by atoms with van der Waals surface area (Å²) in [6.07, 6.45) is 9.96. The van der Waals surface area contributed by atoms with Gasteiger partial charge in [0.15, 0.2) is 0 Å². The van der Waals surface area contributed by atoms with Crippen LogP contribution in [-0.4, -0.2) is 24.0 Å². The average molecular weight is 225 g/mol. The molecule has 0 N–H and O–H groups in total. The van der Waals surface area contributed by atoms with Crippen LogP contribution in [0.3, 0.4) is 0 Å². The second-order valence-corrected chi connectivity index (χ2v) is 6.25. The van der Waals surface area contributed by atoms with E-state index in [1.807, 2.05) is 0 Å². The molecule has 0 aromatic carbocycles. The van der Waals surface area contributed by atoms with E-state index in [1.54, 1.807) is 0 Å². The van der Waals surface area contributed by atoms with E-state index >= 15 is 0 Å². The fourth-order valence-corrected chi connectivity index (χ4v) is 2.81. The first-order chi connectivity index (χ1) is 7.57. The number of rotatable bonds is 6. The maximum atomic E-state index is 2.63. The van der Waals surface area contributed by atoms with Crippen LogP contribution in [0.1, 0.15) is 72.6 Å². The van der Waals surface area contributed by atoms with Crippen LogP contribution >= 0.6 is 0 Å². The zero-order valence-corrected chi connectivity index (χ0v) is 11.9. The van der Waals surface area contributed by atoms with Gasteiger partial charge in [0.05, 0.1) is 0 Å². The third-order valence-corrected chi connectivity index (χ3v) is 4.37. The van der Waals surface area contributed by atoms with Gasteiger partial charge < -0.3 is 4.90 Å². The highest BCUT2D eigenvalue weighted by Gasteiger charge is 2.29. The molecule has 0 bridgehead atoms. The Morgan fingerprint density at radius 2 is 1.69 bits per heavy atom. The molecule has 0 aromatic rings. The molecule has 0 aromatic heterocycles. The molecule has 1 aliphatic heterocycles. The summed E-state index contributed by atoms with van der Waals surface area (Å²) in [5.74, 6) is 0. The van der Waals surface area contributed by atoms with Gasteiger partial charge in [-0.2, -0.15) is 0 Å². The van der Waals surface area contributed by atoms with Crippen molar-refractivity contribution in [1.29, 1.82) is 0 Å². The van der Waals surface area contributed by atoms with Gasteiger partial charge in [-0.25, -0.2) is 0 Å². The minimum Gasteiger partial charge on any atom is -0.301 e. The molecule has 1 heteroatoms. The lowest BCUT2D eigenvalue weighted by molar-refractivity contribution is 0.0867. The number of unbranched alkanes of at least 4 members (excludes halogenated alkanes) is 3. The Hall–Kier alpha value is -0.0400. The lowest BCUT2D eigenvalue weighted by Gasteiger charge is -2.41. The Balaban J connectivity index is 2.21. The summed E-state index contributed by atoms with van der Waals surface area (Å²) in [6.45, 7) is 12.1. The third kappa shape index (κ3) is 4.45. The maximum Gasteiger partial charge on any atom is 0.00385 e. The van der Waals surface area contributed by atoms with Crippen LogP contribution in [0.5, 0.6) is 0 Å². The van der Waals surface area contributed by atoms with Crippen LogP contribution in [0.2, 0.25) is 0 Å².